The van der Waals surface area contributed by atoms with Crippen molar-refractivity contribution in [3.05, 3.63) is 58.1 Å². The van der Waals surface area contributed by atoms with E-state index in [4.69, 9.17) is 16.9 Å². The zero-order chi connectivity index (χ0) is 14.1. The summed E-state index contributed by atoms with van der Waals surface area (Å²) < 4.78 is 0. The number of nitriles is 1. The molecule has 20 heavy (non-hydrogen) atoms. The van der Waals surface area contributed by atoms with Crippen molar-refractivity contribution in [3.63, 3.8) is 0 Å². The molecule has 2 aromatic rings. The Kier molecular flexibility index (Phi) is 3.38. The first-order valence-corrected chi connectivity index (χ1v) is 7.13. The molecule has 0 aliphatic carbocycles. The van der Waals surface area contributed by atoms with Crippen molar-refractivity contribution in [1.82, 2.24) is 0 Å². The summed E-state index contributed by atoms with van der Waals surface area (Å²) in [7, 11) is 0. The molecule has 0 spiro atoms. The van der Waals surface area contributed by atoms with Crippen LogP contribution in [0.3, 0.4) is 0 Å². The zero-order valence-electron chi connectivity index (χ0n) is 11.4. The molecular formula is C17H15ClN2. The molecule has 2 aromatic carbocycles. The lowest BCUT2D eigenvalue weighted by Crippen LogP contribution is -2.24. The van der Waals surface area contributed by atoms with E-state index < -0.39 is 0 Å². The fourth-order valence-corrected chi connectivity index (χ4v) is 3.05. The van der Waals surface area contributed by atoms with E-state index in [1.165, 1.54) is 16.8 Å². The first kappa shape index (κ1) is 13.0. The van der Waals surface area contributed by atoms with Crippen LogP contribution < -0.4 is 4.90 Å². The lowest BCUT2D eigenvalue weighted by Gasteiger charge is -2.32. The van der Waals surface area contributed by atoms with Gasteiger partial charge < -0.3 is 4.90 Å². The van der Waals surface area contributed by atoms with Crippen LogP contribution in [-0.4, -0.2) is 6.54 Å². The van der Waals surface area contributed by atoms with Gasteiger partial charge in [-0.15, -0.1) is 0 Å². The molecule has 0 amide bonds. The Labute approximate surface area is 124 Å². The van der Waals surface area contributed by atoms with E-state index in [0.29, 0.717) is 10.6 Å². The predicted octanol–water partition coefficient (Wildman–Crippen LogP) is 4.60. The van der Waals surface area contributed by atoms with Crippen molar-refractivity contribution in [3.8, 4) is 6.07 Å². The molecule has 1 aliphatic rings. The van der Waals surface area contributed by atoms with E-state index in [1.807, 2.05) is 12.1 Å². The van der Waals surface area contributed by atoms with E-state index in [9.17, 15) is 0 Å². The number of halogens is 1. The third kappa shape index (κ3) is 2.26. The van der Waals surface area contributed by atoms with Gasteiger partial charge in [-0.1, -0.05) is 29.3 Å². The van der Waals surface area contributed by atoms with Crippen molar-refractivity contribution < 1.29 is 0 Å². The minimum Gasteiger partial charge on any atom is -0.340 e. The van der Waals surface area contributed by atoms with Crippen molar-refractivity contribution in [2.24, 2.45) is 0 Å². The number of nitrogens with zero attached hydrogens (tertiary/aromatic N) is 2. The van der Waals surface area contributed by atoms with Crippen LogP contribution in [0.2, 0.25) is 5.02 Å². The van der Waals surface area contributed by atoms with Gasteiger partial charge in [0.15, 0.2) is 0 Å². The van der Waals surface area contributed by atoms with Gasteiger partial charge in [0.2, 0.25) is 0 Å². The van der Waals surface area contributed by atoms with E-state index >= 15 is 0 Å². The highest BCUT2D eigenvalue weighted by molar-refractivity contribution is 6.33. The second-order valence-corrected chi connectivity index (χ2v) is 5.57. The summed E-state index contributed by atoms with van der Waals surface area (Å²) in [5.74, 6) is 0. The summed E-state index contributed by atoms with van der Waals surface area (Å²) in [6.07, 6.45) is 2.23. The van der Waals surface area contributed by atoms with Crippen LogP contribution in [0.25, 0.3) is 0 Å². The molecule has 0 bridgehead atoms. The summed E-state index contributed by atoms with van der Waals surface area (Å²) in [4.78, 5) is 2.25. The fraction of sp³-hybridized carbons (Fsp3) is 0.235. The van der Waals surface area contributed by atoms with Crippen molar-refractivity contribution in [2.45, 2.75) is 19.8 Å². The number of hydrogen-bond acceptors (Lipinski definition) is 2. The maximum absolute atomic E-state index is 8.93. The highest BCUT2D eigenvalue weighted by Gasteiger charge is 2.20. The zero-order valence-corrected chi connectivity index (χ0v) is 12.1. The lowest BCUT2D eigenvalue weighted by atomic mass is 9.99. The topological polar surface area (TPSA) is 27.0 Å². The number of hydrogen-bond donors (Lipinski definition) is 0. The Morgan fingerprint density at radius 1 is 1.15 bits per heavy atom. The number of rotatable bonds is 1. The monoisotopic (exact) mass is 282 g/mol. The minimum atomic E-state index is 0.597. The Balaban J connectivity index is 2.07. The number of benzene rings is 2. The summed E-state index contributed by atoms with van der Waals surface area (Å²) in [6, 6.07) is 14.2. The number of fused-ring (bicyclic) bond motifs is 1. The van der Waals surface area contributed by atoms with Crippen LogP contribution >= 0.6 is 11.6 Å². The second kappa shape index (κ2) is 5.19. The molecule has 0 saturated heterocycles. The summed E-state index contributed by atoms with van der Waals surface area (Å²) in [5, 5.41) is 9.57. The van der Waals surface area contributed by atoms with Gasteiger partial charge in [-0.25, -0.2) is 0 Å². The molecule has 3 heteroatoms. The SMILES string of the molecule is Cc1ccc2c(c1)CCCN2c1ccc(C#N)cc1Cl. The van der Waals surface area contributed by atoms with Gasteiger partial charge in [-0.05, 0) is 49.6 Å². The van der Waals surface area contributed by atoms with E-state index in [-0.39, 0.29) is 0 Å². The summed E-state index contributed by atoms with van der Waals surface area (Å²) in [6.45, 7) is 3.08. The molecule has 3 rings (SSSR count). The third-order valence-corrected chi connectivity index (χ3v) is 4.02. The normalized spacial score (nSPS) is 13.8. The first-order chi connectivity index (χ1) is 9.69. The molecule has 0 radical (unpaired) electrons. The fourth-order valence-electron chi connectivity index (χ4n) is 2.77. The summed E-state index contributed by atoms with van der Waals surface area (Å²) in [5.41, 5.74) is 5.47. The maximum Gasteiger partial charge on any atom is 0.0992 e. The predicted molar refractivity (Wildman–Crippen MR) is 82.7 cm³/mol. The molecule has 0 aromatic heterocycles. The molecule has 100 valence electrons. The third-order valence-electron chi connectivity index (χ3n) is 3.72. The molecule has 1 heterocycles. The molecule has 0 N–H and O–H groups in total. The largest absolute Gasteiger partial charge is 0.340 e. The molecule has 0 fully saturated rings. The van der Waals surface area contributed by atoms with Crippen LogP contribution in [0.5, 0.6) is 0 Å². The average Bonchev–Trinajstić information content (AvgIpc) is 2.46. The van der Waals surface area contributed by atoms with Crippen LogP contribution in [0, 0.1) is 18.3 Å². The Morgan fingerprint density at radius 2 is 1.95 bits per heavy atom. The van der Waals surface area contributed by atoms with Gasteiger partial charge in [0.05, 0.1) is 22.3 Å². The van der Waals surface area contributed by atoms with Crippen molar-refractivity contribution in [2.75, 3.05) is 11.4 Å². The van der Waals surface area contributed by atoms with Crippen molar-refractivity contribution >= 4 is 23.0 Å². The number of aryl methyl sites for hydroxylation is 2. The highest BCUT2D eigenvalue weighted by atomic mass is 35.5. The highest BCUT2D eigenvalue weighted by Crippen LogP contribution is 2.37. The van der Waals surface area contributed by atoms with Gasteiger partial charge in [0.25, 0.3) is 0 Å². The molecule has 2 nitrogen and oxygen atoms in total. The Hall–Kier alpha value is -1.98. The number of anilines is 2. The van der Waals surface area contributed by atoms with E-state index in [2.05, 4.69) is 36.1 Å². The molecular weight excluding hydrogens is 268 g/mol. The maximum atomic E-state index is 8.93. The molecule has 1 aliphatic heterocycles. The molecule has 0 saturated carbocycles. The molecule has 0 atom stereocenters. The van der Waals surface area contributed by atoms with Crippen LogP contribution in [0.15, 0.2) is 36.4 Å². The van der Waals surface area contributed by atoms with E-state index in [1.54, 1.807) is 6.07 Å². The first-order valence-electron chi connectivity index (χ1n) is 6.76. The second-order valence-electron chi connectivity index (χ2n) is 5.17. The van der Waals surface area contributed by atoms with E-state index in [0.717, 1.165) is 25.1 Å². The van der Waals surface area contributed by atoms with Gasteiger partial charge in [-0.2, -0.15) is 5.26 Å². The lowest BCUT2D eigenvalue weighted by molar-refractivity contribution is 0.766. The smallest absolute Gasteiger partial charge is 0.0992 e. The van der Waals surface area contributed by atoms with Crippen LogP contribution in [0.4, 0.5) is 11.4 Å². The quantitative estimate of drug-likeness (QED) is 0.764. The Bertz CT molecular complexity index is 701. The van der Waals surface area contributed by atoms with Crippen LogP contribution in [-0.2, 0) is 6.42 Å². The molecule has 0 unspecified atom stereocenters. The van der Waals surface area contributed by atoms with Crippen LogP contribution in [0.1, 0.15) is 23.1 Å². The van der Waals surface area contributed by atoms with Gasteiger partial charge in [0.1, 0.15) is 0 Å². The van der Waals surface area contributed by atoms with Gasteiger partial charge >= 0.3 is 0 Å². The minimum absolute atomic E-state index is 0.597. The standard InChI is InChI=1S/C17H15ClN2/c1-12-4-6-16-14(9-12)3-2-8-20(16)17-7-5-13(11-19)10-15(17)18/h4-7,9-10H,2-3,8H2,1H3. The van der Waals surface area contributed by atoms with Gasteiger partial charge in [0, 0.05) is 12.2 Å². The Morgan fingerprint density at radius 3 is 2.70 bits per heavy atom. The average molecular weight is 283 g/mol. The summed E-state index contributed by atoms with van der Waals surface area (Å²) >= 11 is 6.35. The van der Waals surface area contributed by atoms with Crippen molar-refractivity contribution in [1.29, 1.82) is 5.26 Å². The van der Waals surface area contributed by atoms with Gasteiger partial charge in [-0.3, -0.25) is 0 Å².